The number of allylic oxidation sites excluding steroid dienone is 1. The largest absolute Gasteiger partial charge is 0.504 e. The number of phenolic OH excluding ortho intramolecular Hbond substituents is 1. The maximum Gasteiger partial charge on any atom is 0.235 e. The van der Waals surface area contributed by atoms with Crippen LogP contribution < -0.4 is 32.3 Å². The summed E-state index contributed by atoms with van der Waals surface area (Å²) in [5.41, 5.74) is 12.2. The first kappa shape index (κ1) is 22.1. The molecule has 29 heavy (non-hydrogen) atoms. The number of phenols is 1. The molecule has 154 valence electrons. The average Bonchev–Trinajstić information content (AvgIpc) is 3.07. The number of aryl methyl sites for hydroxylation is 1. The number of rotatable bonds is 7. The Morgan fingerprint density at radius 3 is 2.86 bits per heavy atom. The minimum Gasteiger partial charge on any atom is -0.504 e. The number of hydrogen-bond acceptors (Lipinski definition) is 9. The minimum absolute atomic E-state index is 0.0477. The number of hydrazone groups is 1. The fourth-order valence-corrected chi connectivity index (χ4v) is 3.04. The summed E-state index contributed by atoms with van der Waals surface area (Å²) in [7, 11) is 1.48. The fraction of sp³-hybridized carbons (Fsp3) is 0.176. The van der Waals surface area contributed by atoms with Gasteiger partial charge in [0.1, 0.15) is 5.71 Å². The third kappa shape index (κ3) is 6.41. The van der Waals surface area contributed by atoms with Crippen molar-refractivity contribution >= 4 is 51.5 Å². The van der Waals surface area contributed by atoms with Crippen molar-refractivity contribution in [3.8, 4) is 11.5 Å². The highest BCUT2D eigenvalue weighted by Gasteiger charge is 2.13. The van der Waals surface area contributed by atoms with E-state index < -0.39 is 0 Å². The molecule has 1 aromatic heterocycles. The Morgan fingerprint density at radius 2 is 2.21 bits per heavy atom. The Morgan fingerprint density at radius 1 is 1.45 bits per heavy atom. The highest BCUT2D eigenvalue weighted by atomic mass is 32.1. The van der Waals surface area contributed by atoms with Crippen LogP contribution in [0.15, 0.2) is 29.4 Å². The Hall–Kier alpha value is -3.22. The topological polar surface area (TPSA) is 146 Å². The van der Waals surface area contributed by atoms with Crippen molar-refractivity contribution in [3.63, 3.8) is 0 Å². The van der Waals surface area contributed by atoms with Crippen molar-refractivity contribution in [2.45, 2.75) is 13.8 Å². The van der Waals surface area contributed by atoms with Crippen LogP contribution in [0, 0.1) is 6.92 Å². The van der Waals surface area contributed by atoms with Crippen LogP contribution in [0.5, 0.6) is 11.5 Å². The van der Waals surface area contributed by atoms with Crippen molar-refractivity contribution in [3.05, 3.63) is 40.4 Å². The van der Waals surface area contributed by atoms with E-state index in [1.807, 2.05) is 6.92 Å². The number of nitrogens with two attached hydrogens (primary N) is 1. The van der Waals surface area contributed by atoms with E-state index in [9.17, 15) is 9.90 Å². The number of nitrogens with one attached hydrogen (secondary N) is 4. The van der Waals surface area contributed by atoms with E-state index in [1.165, 1.54) is 31.4 Å². The number of thiocarbonyl (C=S) groups is 1. The van der Waals surface area contributed by atoms with E-state index in [1.54, 1.807) is 24.3 Å². The van der Waals surface area contributed by atoms with Gasteiger partial charge in [-0.1, -0.05) is 23.5 Å². The summed E-state index contributed by atoms with van der Waals surface area (Å²) in [6, 6.07) is 4.95. The predicted molar refractivity (Wildman–Crippen MR) is 118 cm³/mol. The molecule has 0 saturated heterocycles. The molecule has 0 unspecified atom stereocenters. The summed E-state index contributed by atoms with van der Waals surface area (Å²) >= 11 is 6.26. The normalized spacial score (nSPS) is 11.2. The van der Waals surface area contributed by atoms with Crippen LogP contribution in [0.4, 0.5) is 5.13 Å². The molecule has 0 aliphatic carbocycles. The van der Waals surface area contributed by atoms with Gasteiger partial charge >= 0.3 is 0 Å². The molecule has 2 rings (SSSR count). The number of carbonyl (C=O) groups is 1. The summed E-state index contributed by atoms with van der Waals surface area (Å²) in [5.74, 6) is 5.43. The van der Waals surface area contributed by atoms with Crippen LogP contribution in [0.2, 0.25) is 0 Å². The second-order valence-electron chi connectivity index (χ2n) is 5.59. The predicted octanol–water partition coefficient (Wildman–Crippen LogP) is 1.38. The Kier molecular flexibility index (Phi) is 7.88. The van der Waals surface area contributed by atoms with Gasteiger partial charge in [-0.3, -0.25) is 26.5 Å². The molecule has 0 spiro atoms. The maximum absolute atomic E-state index is 11.1. The summed E-state index contributed by atoms with van der Waals surface area (Å²) in [5, 5.41) is 14.7. The van der Waals surface area contributed by atoms with E-state index in [0.29, 0.717) is 22.3 Å². The van der Waals surface area contributed by atoms with E-state index in [2.05, 4.69) is 31.8 Å². The lowest BCUT2D eigenvalue weighted by Crippen LogP contribution is -2.37. The van der Waals surface area contributed by atoms with Crippen LogP contribution >= 0.6 is 23.6 Å². The lowest BCUT2D eigenvalue weighted by molar-refractivity contribution is -0.118. The summed E-state index contributed by atoms with van der Waals surface area (Å²) < 4.78 is 5.12. The van der Waals surface area contributed by atoms with Gasteiger partial charge in [0.25, 0.3) is 0 Å². The number of anilines is 1. The first-order valence-corrected chi connectivity index (χ1v) is 9.46. The molecule has 10 nitrogen and oxygen atoms in total. The molecule has 0 radical (unpaired) electrons. The van der Waals surface area contributed by atoms with Gasteiger partial charge in [-0.15, -0.1) is 0 Å². The van der Waals surface area contributed by atoms with E-state index >= 15 is 0 Å². The monoisotopic (exact) mass is 435 g/mol. The van der Waals surface area contributed by atoms with Gasteiger partial charge in [0.2, 0.25) is 16.2 Å². The number of amides is 1. The van der Waals surface area contributed by atoms with Crippen molar-refractivity contribution in [2.75, 3.05) is 12.5 Å². The SMILES string of the molecule is COc1cc(/C=C\C(=N\NC(=S)NN)c2sc(NNC(C)=O)nc2C)ccc1O. The van der Waals surface area contributed by atoms with E-state index in [4.69, 9.17) is 22.8 Å². The number of carbonyl (C=O) groups excluding carboxylic acids is 1. The number of aromatic hydroxyl groups is 1. The minimum atomic E-state index is -0.240. The quantitative estimate of drug-likeness (QED) is 0.164. The molecule has 0 fully saturated rings. The highest BCUT2D eigenvalue weighted by molar-refractivity contribution is 7.80. The van der Waals surface area contributed by atoms with Crippen LogP contribution in [-0.4, -0.2) is 33.9 Å². The van der Waals surface area contributed by atoms with Gasteiger partial charge < -0.3 is 9.84 Å². The third-order valence-electron chi connectivity index (χ3n) is 3.42. The molecule has 12 heteroatoms. The Labute approximate surface area is 176 Å². The zero-order chi connectivity index (χ0) is 21.4. The van der Waals surface area contributed by atoms with Gasteiger partial charge in [-0.25, -0.2) is 10.8 Å². The van der Waals surface area contributed by atoms with Crippen molar-refractivity contribution in [1.82, 2.24) is 21.3 Å². The third-order valence-corrected chi connectivity index (χ3v) is 4.73. The number of benzene rings is 1. The molecule has 7 N–H and O–H groups in total. The lowest BCUT2D eigenvalue weighted by atomic mass is 10.1. The first-order chi connectivity index (χ1) is 13.8. The van der Waals surface area contributed by atoms with Crippen LogP contribution in [0.1, 0.15) is 23.1 Å². The number of nitrogens with zero attached hydrogens (tertiary/aromatic N) is 2. The molecule has 1 amide bonds. The Balaban J connectivity index is 2.35. The fourth-order valence-electron chi connectivity index (χ4n) is 2.11. The summed E-state index contributed by atoms with van der Waals surface area (Å²) in [6.45, 7) is 3.21. The molecule has 2 aromatic rings. The zero-order valence-electron chi connectivity index (χ0n) is 15.9. The second kappa shape index (κ2) is 10.4. The Bertz CT molecular complexity index is 956. The second-order valence-corrected chi connectivity index (χ2v) is 6.99. The van der Waals surface area contributed by atoms with Gasteiger partial charge in [0.15, 0.2) is 11.5 Å². The molecule has 0 atom stereocenters. The van der Waals surface area contributed by atoms with Crippen LogP contribution in [0.25, 0.3) is 6.08 Å². The number of methoxy groups -OCH3 is 1. The smallest absolute Gasteiger partial charge is 0.235 e. The number of hydrogen-bond donors (Lipinski definition) is 6. The number of ether oxygens (including phenoxy) is 1. The molecule has 0 saturated carbocycles. The van der Waals surface area contributed by atoms with Crippen molar-refractivity contribution in [2.24, 2.45) is 10.9 Å². The molecule has 1 heterocycles. The number of aromatic nitrogens is 1. The average molecular weight is 436 g/mol. The number of hydrazine groups is 2. The van der Waals surface area contributed by atoms with Crippen molar-refractivity contribution < 1.29 is 14.6 Å². The zero-order valence-corrected chi connectivity index (χ0v) is 17.6. The van der Waals surface area contributed by atoms with E-state index in [0.717, 1.165) is 10.4 Å². The van der Waals surface area contributed by atoms with Crippen LogP contribution in [-0.2, 0) is 4.79 Å². The van der Waals surface area contributed by atoms with Gasteiger partial charge in [0, 0.05) is 6.92 Å². The standard InChI is InChI=1S/C17H21N7O3S2/c1-9-15(29-17(19-9)24-21-10(2)25)12(22-23-16(28)20-18)6-4-11-5-7-13(26)14(8-11)27-3/h4-8,26H,18H2,1-3H3,(H,19,24)(H,21,25)(H2,20,23,28)/b6-4-,22-12-. The van der Waals surface area contributed by atoms with Gasteiger partial charge in [-0.05, 0) is 42.9 Å². The van der Waals surface area contributed by atoms with E-state index in [-0.39, 0.29) is 16.8 Å². The van der Waals surface area contributed by atoms with Crippen molar-refractivity contribution in [1.29, 1.82) is 0 Å². The molecule has 0 aliphatic heterocycles. The highest BCUT2D eigenvalue weighted by Crippen LogP contribution is 2.27. The maximum atomic E-state index is 11.1. The lowest BCUT2D eigenvalue weighted by Gasteiger charge is -2.05. The molecule has 0 aliphatic rings. The molecular formula is C17H21N7O3S2. The first-order valence-electron chi connectivity index (χ1n) is 8.23. The van der Waals surface area contributed by atoms with Gasteiger partial charge in [0.05, 0.1) is 17.7 Å². The van der Waals surface area contributed by atoms with Crippen LogP contribution in [0.3, 0.4) is 0 Å². The number of thiazole rings is 1. The van der Waals surface area contributed by atoms with Gasteiger partial charge in [-0.2, -0.15) is 5.10 Å². The molecule has 1 aromatic carbocycles. The molecular weight excluding hydrogens is 414 g/mol. The summed E-state index contributed by atoms with van der Waals surface area (Å²) in [4.78, 5) is 16.2. The summed E-state index contributed by atoms with van der Waals surface area (Å²) in [6.07, 6.45) is 3.54. The molecule has 0 bridgehead atoms.